The number of nitrogens with one attached hydrogen (secondary N) is 7. The molecule has 2 fully saturated rings. The van der Waals surface area contributed by atoms with Crippen molar-refractivity contribution < 1.29 is 19.1 Å². The molecule has 1 saturated heterocycles. The van der Waals surface area contributed by atoms with E-state index in [9.17, 15) is 9.59 Å². The van der Waals surface area contributed by atoms with Crippen molar-refractivity contribution in [3.8, 4) is 0 Å². The number of aromatic nitrogens is 3. The summed E-state index contributed by atoms with van der Waals surface area (Å²) in [4.78, 5) is 38.7. The fourth-order valence-electron chi connectivity index (χ4n) is 6.09. The first-order valence-electron chi connectivity index (χ1n) is 17.5. The molecule has 2 heterocycles. The van der Waals surface area contributed by atoms with Crippen molar-refractivity contribution >= 4 is 35.3 Å². The van der Waals surface area contributed by atoms with Gasteiger partial charge in [-0.05, 0) is 67.1 Å². The maximum absolute atomic E-state index is 12.7. The Kier molecular flexibility index (Phi) is 13.1. The summed E-state index contributed by atoms with van der Waals surface area (Å²) in [6.45, 7) is 3.96. The topological polar surface area (TPSA) is 175 Å². The third-order valence-electron chi connectivity index (χ3n) is 8.77. The van der Waals surface area contributed by atoms with Gasteiger partial charge in [-0.25, -0.2) is 0 Å². The molecule has 7 N–H and O–H groups in total. The van der Waals surface area contributed by atoms with E-state index in [0.29, 0.717) is 87.0 Å². The molecule has 1 aliphatic carbocycles. The molecule has 51 heavy (non-hydrogen) atoms. The van der Waals surface area contributed by atoms with Crippen molar-refractivity contribution in [3.63, 3.8) is 0 Å². The van der Waals surface area contributed by atoms with E-state index in [1.54, 1.807) is 24.3 Å². The Hall–Kier alpha value is -5.15. The Morgan fingerprint density at radius 2 is 1.37 bits per heavy atom. The highest BCUT2D eigenvalue weighted by Gasteiger charge is 2.34. The second kappa shape index (κ2) is 18.7. The highest BCUT2D eigenvalue weighted by atomic mass is 16.5. The van der Waals surface area contributed by atoms with Crippen LogP contribution in [0.3, 0.4) is 0 Å². The number of benzene rings is 3. The molecule has 268 valence electrons. The molecule has 1 aromatic heterocycles. The minimum atomic E-state index is -0.146. The molecule has 14 heteroatoms. The summed E-state index contributed by atoms with van der Waals surface area (Å²) < 4.78 is 11.3. The van der Waals surface area contributed by atoms with Crippen LogP contribution in [0.4, 0.5) is 23.5 Å². The standard InChI is InChI=1S/C37H46N10O4/c48-33(27-9-5-2-6-10-27)38-17-19-50-21-22-51-20-18-39-35-44-36(46-37(45-35)43-31-15-16-32-29(23-31)25-41-47-32)42-30-13-11-28(12-14-30)34(49)40-24-26-7-3-1-4-8-26/h1-14,29,31-32,41,47H,15-25H2,(H,38,48)(H,40,49)(H3,39,42,43,44,45,46). The number of carbonyl (C=O) groups is 2. The molecule has 0 bridgehead atoms. The number of ether oxygens (including phenoxy) is 2. The lowest BCUT2D eigenvalue weighted by atomic mass is 9.83. The van der Waals surface area contributed by atoms with E-state index in [2.05, 4.69) is 52.4 Å². The van der Waals surface area contributed by atoms with Crippen molar-refractivity contribution in [1.29, 1.82) is 0 Å². The Morgan fingerprint density at radius 3 is 2.16 bits per heavy atom. The number of rotatable bonds is 18. The second-order valence-corrected chi connectivity index (χ2v) is 12.5. The van der Waals surface area contributed by atoms with Crippen LogP contribution in [0.15, 0.2) is 84.9 Å². The molecule has 1 saturated carbocycles. The average molecular weight is 695 g/mol. The van der Waals surface area contributed by atoms with Crippen molar-refractivity contribution in [3.05, 3.63) is 102 Å². The molecule has 3 unspecified atom stereocenters. The molecule has 1 aliphatic heterocycles. The van der Waals surface area contributed by atoms with E-state index in [-0.39, 0.29) is 17.9 Å². The lowest BCUT2D eigenvalue weighted by Gasteiger charge is -2.31. The lowest BCUT2D eigenvalue weighted by Crippen LogP contribution is -2.39. The third kappa shape index (κ3) is 11.2. The van der Waals surface area contributed by atoms with Crippen molar-refractivity contribution in [2.24, 2.45) is 5.92 Å². The van der Waals surface area contributed by atoms with Crippen molar-refractivity contribution in [2.45, 2.75) is 37.9 Å². The largest absolute Gasteiger partial charge is 0.377 e. The summed E-state index contributed by atoms with van der Waals surface area (Å²) >= 11 is 0. The number of hydrogen-bond donors (Lipinski definition) is 7. The zero-order valence-corrected chi connectivity index (χ0v) is 28.6. The highest BCUT2D eigenvalue weighted by molar-refractivity contribution is 5.94. The van der Waals surface area contributed by atoms with Crippen LogP contribution >= 0.6 is 0 Å². The van der Waals surface area contributed by atoms with Gasteiger partial charge >= 0.3 is 0 Å². The molecule has 0 spiro atoms. The van der Waals surface area contributed by atoms with Gasteiger partial charge in [0, 0.05) is 55.1 Å². The fraction of sp³-hybridized carbons (Fsp3) is 0.378. The van der Waals surface area contributed by atoms with Gasteiger partial charge in [0.15, 0.2) is 0 Å². The molecule has 3 atom stereocenters. The number of amides is 2. The minimum absolute atomic E-state index is 0.121. The van der Waals surface area contributed by atoms with Gasteiger partial charge in [0.05, 0.1) is 26.4 Å². The highest BCUT2D eigenvalue weighted by Crippen LogP contribution is 2.28. The van der Waals surface area contributed by atoms with E-state index in [1.165, 1.54) is 0 Å². The van der Waals surface area contributed by atoms with Crippen LogP contribution in [-0.2, 0) is 16.0 Å². The number of carbonyl (C=O) groups excluding carboxylic acids is 2. The van der Waals surface area contributed by atoms with Crippen LogP contribution in [0.5, 0.6) is 0 Å². The molecule has 2 amide bonds. The number of hydrazine groups is 1. The smallest absolute Gasteiger partial charge is 0.251 e. The van der Waals surface area contributed by atoms with Gasteiger partial charge in [0.1, 0.15) is 0 Å². The summed E-state index contributed by atoms with van der Waals surface area (Å²) in [5, 5.41) is 15.8. The zero-order valence-electron chi connectivity index (χ0n) is 28.6. The summed E-state index contributed by atoms with van der Waals surface area (Å²) in [7, 11) is 0. The van der Waals surface area contributed by atoms with Crippen LogP contribution in [0, 0.1) is 5.92 Å². The van der Waals surface area contributed by atoms with Crippen LogP contribution in [0.25, 0.3) is 0 Å². The molecule has 14 nitrogen and oxygen atoms in total. The van der Waals surface area contributed by atoms with Gasteiger partial charge in [-0.1, -0.05) is 48.5 Å². The van der Waals surface area contributed by atoms with E-state index in [1.807, 2.05) is 60.7 Å². The second-order valence-electron chi connectivity index (χ2n) is 12.5. The monoisotopic (exact) mass is 694 g/mol. The normalized spacial score (nSPS) is 18.0. The summed E-state index contributed by atoms with van der Waals surface area (Å²) in [5.41, 5.74) is 9.62. The van der Waals surface area contributed by atoms with Crippen molar-refractivity contribution in [2.75, 3.05) is 62.0 Å². The quantitative estimate of drug-likeness (QED) is 0.0757. The Labute approximate surface area is 297 Å². The molecule has 6 rings (SSSR count). The Morgan fingerprint density at radius 1 is 0.706 bits per heavy atom. The Balaban J connectivity index is 0.971. The lowest BCUT2D eigenvalue weighted by molar-refractivity contribution is 0.0519. The van der Waals surface area contributed by atoms with E-state index in [4.69, 9.17) is 9.47 Å². The first kappa shape index (κ1) is 35.7. The number of anilines is 4. The summed E-state index contributed by atoms with van der Waals surface area (Å²) in [6, 6.07) is 26.8. The van der Waals surface area contributed by atoms with Gasteiger partial charge in [0.2, 0.25) is 17.8 Å². The molecular weight excluding hydrogens is 648 g/mol. The maximum Gasteiger partial charge on any atom is 0.251 e. The van der Waals surface area contributed by atoms with Crippen LogP contribution in [0.2, 0.25) is 0 Å². The zero-order chi connectivity index (χ0) is 35.1. The molecule has 4 aromatic rings. The van der Waals surface area contributed by atoms with Crippen molar-refractivity contribution in [1.82, 2.24) is 36.4 Å². The van der Waals surface area contributed by atoms with Gasteiger partial charge in [-0.2, -0.15) is 15.0 Å². The van der Waals surface area contributed by atoms with Gasteiger partial charge in [-0.15, -0.1) is 0 Å². The fourth-order valence-corrected chi connectivity index (χ4v) is 6.09. The van der Waals surface area contributed by atoms with Gasteiger partial charge in [-0.3, -0.25) is 20.4 Å². The van der Waals surface area contributed by atoms with E-state index in [0.717, 1.165) is 37.1 Å². The van der Waals surface area contributed by atoms with Crippen LogP contribution in [-0.4, -0.2) is 84.9 Å². The maximum atomic E-state index is 12.7. The van der Waals surface area contributed by atoms with Crippen LogP contribution < -0.4 is 37.4 Å². The van der Waals surface area contributed by atoms with Gasteiger partial charge < -0.3 is 36.1 Å². The third-order valence-corrected chi connectivity index (χ3v) is 8.77. The number of fused-ring (bicyclic) bond motifs is 1. The number of hydrogen-bond acceptors (Lipinski definition) is 12. The average Bonchev–Trinajstić information content (AvgIpc) is 3.64. The predicted octanol–water partition coefficient (Wildman–Crippen LogP) is 3.48. The predicted molar refractivity (Wildman–Crippen MR) is 196 cm³/mol. The molecule has 2 aliphatic rings. The molecular formula is C37H46N10O4. The van der Waals surface area contributed by atoms with Crippen LogP contribution in [0.1, 0.15) is 45.5 Å². The summed E-state index contributed by atoms with van der Waals surface area (Å²) in [5.74, 6) is 1.58. The SMILES string of the molecule is O=C(NCCOCCOCCNc1nc(Nc2ccc(C(=O)NCc3ccccc3)cc2)nc(NC2CCC3NNCC3C2)n1)c1ccccc1. The minimum Gasteiger partial charge on any atom is -0.377 e. The van der Waals surface area contributed by atoms with E-state index >= 15 is 0 Å². The first-order valence-corrected chi connectivity index (χ1v) is 17.5. The van der Waals surface area contributed by atoms with E-state index < -0.39 is 0 Å². The first-order chi connectivity index (χ1) is 25.1. The molecule has 3 aromatic carbocycles. The molecule has 0 radical (unpaired) electrons. The number of nitrogens with zero attached hydrogens (tertiary/aromatic N) is 3. The van der Waals surface area contributed by atoms with Gasteiger partial charge in [0.25, 0.3) is 11.8 Å². The summed E-state index contributed by atoms with van der Waals surface area (Å²) in [6.07, 6.45) is 3.10. The Bertz CT molecular complexity index is 1680.